The molecule has 1 saturated heterocycles. The van der Waals surface area contributed by atoms with Gasteiger partial charge in [-0.1, -0.05) is 32.9 Å². The van der Waals surface area contributed by atoms with Gasteiger partial charge in [-0.05, 0) is 48.3 Å². The van der Waals surface area contributed by atoms with Crippen LogP contribution in [0.15, 0.2) is 24.3 Å². The van der Waals surface area contributed by atoms with E-state index < -0.39 is 0 Å². The van der Waals surface area contributed by atoms with Gasteiger partial charge in [-0.2, -0.15) is 0 Å². The van der Waals surface area contributed by atoms with Gasteiger partial charge in [0.2, 0.25) is 0 Å². The lowest BCUT2D eigenvalue weighted by Crippen LogP contribution is -2.36. The highest BCUT2D eigenvalue weighted by Gasteiger charge is 2.28. The van der Waals surface area contributed by atoms with Gasteiger partial charge < -0.3 is 16.0 Å². The molecule has 22 heavy (non-hydrogen) atoms. The Labute approximate surface area is 134 Å². The maximum absolute atomic E-state index is 12.4. The van der Waals surface area contributed by atoms with Crippen molar-refractivity contribution in [2.75, 3.05) is 18.4 Å². The van der Waals surface area contributed by atoms with Crippen LogP contribution in [0, 0.1) is 11.3 Å². The Balaban J connectivity index is 1.92. The van der Waals surface area contributed by atoms with Crippen molar-refractivity contribution in [3.8, 4) is 0 Å². The number of carbonyl (C=O) groups is 1. The van der Waals surface area contributed by atoms with E-state index in [0.29, 0.717) is 17.9 Å². The molecule has 1 aromatic carbocycles. The van der Waals surface area contributed by atoms with Gasteiger partial charge in [-0.25, -0.2) is 4.79 Å². The number of amides is 2. The van der Waals surface area contributed by atoms with Crippen LogP contribution in [0.4, 0.5) is 10.5 Å². The molecular weight excluding hydrogens is 274 g/mol. The van der Waals surface area contributed by atoms with Gasteiger partial charge in [-0.15, -0.1) is 0 Å². The predicted octanol–water partition coefficient (Wildman–Crippen LogP) is 3.83. The summed E-state index contributed by atoms with van der Waals surface area (Å²) in [7, 11) is 0. The molecule has 1 unspecified atom stereocenters. The molecule has 4 heteroatoms. The fraction of sp³-hybridized carbons (Fsp3) is 0.611. The Morgan fingerprint density at radius 3 is 2.50 bits per heavy atom. The van der Waals surface area contributed by atoms with Crippen LogP contribution in [-0.2, 0) is 6.54 Å². The average Bonchev–Trinajstić information content (AvgIpc) is 2.73. The summed E-state index contributed by atoms with van der Waals surface area (Å²) in [6.45, 7) is 9.10. The molecule has 3 N–H and O–H groups in total. The van der Waals surface area contributed by atoms with Crippen molar-refractivity contribution in [3.05, 3.63) is 29.8 Å². The van der Waals surface area contributed by atoms with Crippen molar-refractivity contribution in [1.82, 2.24) is 4.90 Å². The quantitative estimate of drug-likeness (QED) is 0.872. The number of likely N-dealkylation sites (tertiary alicyclic amines) is 1. The van der Waals surface area contributed by atoms with Crippen molar-refractivity contribution < 1.29 is 4.79 Å². The van der Waals surface area contributed by atoms with Crippen LogP contribution in [0.2, 0.25) is 0 Å². The normalized spacial score (nSPS) is 19.6. The molecule has 1 fully saturated rings. The minimum Gasteiger partial charge on any atom is -0.326 e. The molecule has 1 atom stereocenters. The number of carbonyl (C=O) groups excluding carboxylic acids is 1. The zero-order valence-electron chi connectivity index (χ0n) is 14.1. The summed E-state index contributed by atoms with van der Waals surface area (Å²) in [5, 5.41) is 2.99. The topological polar surface area (TPSA) is 58.4 Å². The van der Waals surface area contributed by atoms with Crippen LogP contribution in [0.3, 0.4) is 0 Å². The largest absolute Gasteiger partial charge is 0.326 e. The Morgan fingerprint density at radius 1 is 1.23 bits per heavy atom. The number of nitrogens with two attached hydrogens (primary N) is 1. The van der Waals surface area contributed by atoms with E-state index in [1.54, 1.807) is 0 Å². The van der Waals surface area contributed by atoms with Crippen LogP contribution < -0.4 is 11.1 Å². The van der Waals surface area contributed by atoms with Crippen LogP contribution in [0.25, 0.3) is 0 Å². The van der Waals surface area contributed by atoms with Crippen molar-refractivity contribution in [1.29, 1.82) is 0 Å². The number of urea groups is 1. The van der Waals surface area contributed by atoms with E-state index in [4.69, 9.17) is 5.73 Å². The summed E-state index contributed by atoms with van der Waals surface area (Å²) in [4.78, 5) is 14.4. The lowest BCUT2D eigenvalue weighted by atomic mass is 9.77. The van der Waals surface area contributed by atoms with E-state index >= 15 is 0 Å². The number of nitrogens with one attached hydrogen (secondary N) is 1. The molecule has 2 rings (SSSR count). The summed E-state index contributed by atoms with van der Waals surface area (Å²) in [5.74, 6) is 0.689. The van der Waals surface area contributed by atoms with Crippen molar-refractivity contribution in [2.45, 2.75) is 46.6 Å². The predicted molar refractivity (Wildman–Crippen MR) is 91.7 cm³/mol. The molecule has 1 aliphatic heterocycles. The molecule has 0 saturated carbocycles. The minimum atomic E-state index is 0.00931. The summed E-state index contributed by atoms with van der Waals surface area (Å²) in [5.41, 5.74) is 7.81. The van der Waals surface area contributed by atoms with E-state index in [2.05, 4.69) is 26.1 Å². The fourth-order valence-corrected chi connectivity index (χ4v) is 3.09. The van der Waals surface area contributed by atoms with Gasteiger partial charge >= 0.3 is 6.03 Å². The molecule has 0 radical (unpaired) electrons. The zero-order valence-corrected chi connectivity index (χ0v) is 14.1. The Kier molecular flexibility index (Phi) is 5.46. The van der Waals surface area contributed by atoms with Gasteiger partial charge in [0, 0.05) is 25.3 Å². The molecule has 0 aromatic heterocycles. The second-order valence-corrected chi connectivity index (χ2v) is 7.31. The number of hydrogen-bond donors (Lipinski definition) is 2. The lowest BCUT2D eigenvalue weighted by molar-refractivity contribution is 0.200. The molecule has 1 heterocycles. The highest BCUT2D eigenvalue weighted by atomic mass is 16.2. The van der Waals surface area contributed by atoms with Gasteiger partial charge in [-0.3, -0.25) is 0 Å². The monoisotopic (exact) mass is 303 g/mol. The molecule has 1 aliphatic rings. The molecule has 4 nitrogen and oxygen atoms in total. The standard InChI is InChI=1S/C18H29N3O/c1-18(2,3)15-5-4-11-21(12-10-15)17(22)20-16-8-6-14(13-19)7-9-16/h6-9,15H,4-5,10-13,19H2,1-3H3,(H,20,22). The van der Waals surface area contributed by atoms with E-state index in [1.165, 1.54) is 6.42 Å². The second-order valence-electron chi connectivity index (χ2n) is 7.31. The van der Waals surface area contributed by atoms with E-state index in [0.717, 1.165) is 37.2 Å². The first-order valence-corrected chi connectivity index (χ1v) is 8.25. The molecular formula is C18H29N3O. The average molecular weight is 303 g/mol. The number of anilines is 1. The van der Waals surface area contributed by atoms with Gasteiger partial charge in [0.1, 0.15) is 0 Å². The maximum Gasteiger partial charge on any atom is 0.321 e. The van der Waals surface area contributed by atoms with Crippen LogP contribution in [-0.4, -0.2) is 24.0 Å². The maximum atomic E-state index is 12.4. The van der Waals surface area contributed by atoms with E-state index in [9.17, 15) is 4.79 Å². The molecule has 0 aliphatic carbocycles. The highest BCUT2D eigenvalue weighted by molar-refractivity contribution is 5.89. The summed E-state index contributed by atoms with van der Waals surface area (Å²) in [6.07, 6.45) is 3.38. The third kappa shape index (κ3) is 4.47. The van der Waals surface area contributed by atoms with Crippen LogP contribution in [0.5, 0.6) is 0 Å². The fourth-order valence-electron chi connectivity index (χ4n) is 3.09. The summed E-state index contributed by atoms with van der Waals surface area (Å²) < 4.78 is 0. The van der Waals surface area contributed by atoms with Crippen molar-refractivity contribution in [3.63, 3.8) is 0 Å². The first-order valence-electron chi connectivity index (χ1n) is 8.25. The first kappa shape index (κ1) is 16.8. The molecule has 0 spiro atoms. The van der Waals surface area contributed by atoms with Gasteiger partial charge in [0.05, 0.1) is 0 Å². The zero-order chi connectivity index (χ0) is 16.2. The third-order valence-corrected chi connectivity index (χ3v) is 4.68. The Bertz CT molecular complexity index is 490. The molecule has 0 bridgehead atoms. The first-order chi connectivity index (χ1) is 10.4. The summed E-state index contributed by atoms with van der Waals surface area (Å²) in [6, 6.07) is 7.74. The Hall–Kier alpha value is -1.55. The molecule has 1 aromatic rings. The lowest BCUT2D eigenvalue weighted by Gasteiger charge is -2.29. The van der Waals surface area contributed by atoms with E-state index in [-0.39, 0.29) is 6.03 Å². The van der Waals surface area contributed by atoms with Crippen molar-refractivity contribution >= 4 is 11.7 Å². The number of hydrogen-bond acceptors (Lipinski definition) is 2. The second kappa shape index (κ2) is 7.14. The molecule has 122 valence electrons. The number of rotatable bonds is 2. The molecule has 2 amide bonds. The number of benzene rings is 1. The van der Waals surface area contributed by atoms with Gasteiger partial charge in [0.25, 0.3) is 0 Å². The minimum absolute atomic E-state index is 0.00931. The smallest absolute Gasteiger partial charge is 0.321 e. The third-order valence-electron chi connectivity index (χ3n) is 4.68. The van der Waals surface area contributed by atoms with Crippen LogP contribution in [0.1, 0.15) is 45.6 Å². The number of nitrogens with zero attached hydrogens (tertiary/aromatic N) is 1. The van der Waals surface area contributed by atoms with Gasteiger partial charge in [0.15, 0.2) is 0 Å². The van der Waals surface area contributed by atoms with E-state index in [1.807, 2.05) is 29.2 Å². The highest BCUT2D eigenvalue weighted by Crippen LogP contribution is 2.34. The van der Waals surface area contributed by atoms with Crippen molar-refractivity contribution in [2.24, 2.45) is 17.1 Å². The summed E-state index contributed by atoms with van der Waals surface area (Å²) >= 11 is 0. The SMILES string of the molecule is CC(C)(C)C1CCCN(C(=O)Nc2ccc(CN)cc2)CC1. The van der Waals surface area contributed by atoms with Crippen LogP contribution >= 0.6 is 0 Å². The Morgan fingerprint density at radius 2 is 1.91 bits per heavy atom.